The van der Waals surface area contributed by atoms with E-state index in [1.54, 1.807) is 0 Å². The fraction of sp³-hybridized carbons (Fsp3) is 0.533. The van der Waals surface area contributed by atoms with E-state index in [0.29, 0.717) is 0 Å². The van der Waals surface area contributed by atoms with E-state index in [4.69, 9.17) is 5.26 Å². The maximum absolute atomic E-state index is 9.09. The molecule has 2 rings (SSSR count). The molecule has 1 fully saturated rings. The van der Waals surface area contributed by atoms with Crippen LogP contribution in [-0.4, -0.2) is 12.1 Å². The fourth-order valence-corrected chi connectivity index (χ4v) is 3.04. The zero-order chi connectivity index (χ0) is 13.3. The van der Waals surface area contributed by atoms with Crippen LogP contribution in [0.2, 0.25) is 0 Å². The number of aryl methyl sites for hydroxylation is 1. The molecule has 1 atom stereocenters. The molecule has 96 valence electrons. The second-order valence-corrected chi connectivity index (χ2v) is 6.57. The van der Waals surface area contributed by atoms with Crippen molar-refractivity contribution in [3.63, 3.8) is 0 Å². The molecule has 1 aromatic carbocycles. The van der Waals surface area contributed by atoms with Gasteiger partial charge in [0.05, 0.1) is 12.0 Å². The summed E-state index contributed by atoms with van der Waals surface area (Å²) in [4.78, 5) is 2.43. The zero-order valence-electron chi connectivity index (χ0n) is 11.2. The van der Waals surface area contributed by atoms with Gasteiger partial charge in [-0.15, -0.1) is 0 Å². The van der Waals surface area contributed by atoms with Crippen LogP contribution in [0.15, 0.2) is 22.7 Å². The second-order valence-electron chi connectivity index (χ2n) is 5.72. The number of halogens is 1. The minimum atomic E-state index is 0.0545. The molecule has 0 aromatic heterocycles. The average molecular weight is 307 g/mol. The van der Waals surface area contributed by atoms with Crippen LogP contribution in [0, 0.1) is 24.2 Å². The highest BCUT2D eigenvalue weighted by molar-refractivity contribution is 9.10. The topological polar surface area (TPSA) is 27.0 Å². The van der Waals surface area contributed by atoms with Crippen molar-refractivity contribution in [2.24, 2.45) is 5.92 Å². The van der Waals surface area contributed by atoms with Gasteiger partial charge in [0.1, 0.15) is 0 Å². The van der Waals surface area contributed by atoms with Crippen LogP contribution < -0.4 is 4.90 Å². The summed E-state index contributed by atoms with van der Waals surface area (Å²) in [5, 5.41) is 9.09. The smallest absolute Gasteiger partial charge is 0.0657 e. The number of piperidine rings is 1. The average Bonchev–Trinajstić information content (AvgIpc) is 2.31. The van der Waals surface area contributed by atoms with Gasteiger partial charge in [0, 0.05) is 22.2 Å². The molecule has 1 saturated heterocycles. The molecule has 0 spiro atoms. The number of benzene rings is 1. The lowest BCUT2D eigenvalue weighted by Crippen LogP contribution is -2.50. The molecular formula is C15H19BrN2. The maximum atomic E-state index is 9.09. The SMILES string of the molecule is Cc1cc(N2CCC(C#N)CC2(C)C)ccc1Br. The van der Waals surface area contributed by atoms with Crippen molar-refractivity contribution in [2.45, 2.75) is 39.2 Å². The highest BCUT2D eigenvalue weighted by Crippen LogP contribution is 2.36. The lowest BCUT2D eigenvalue weighted by atomic mass is 9.83. The molecule has 2 nitrogen and oxygen atoms in total. The summed E-state index contributed by atoms with van der Waals surface area (Å²) in [6, 6.07) is 8.91. The highest BCUT2D eigenvalue weighted by atomic mass is 79.9. The first-order chi connectivity index (χ1) is 8.44. The molecule has 3 heteroatoms. The Balaban J connectivity index is 2.28. The molecule has 1 unspecified atom stereocenters. The number of hydrogen-bond donors (Lipinski definition) is 0. The standard InChI is InChI=1S/C15H19BrN2/c1-11-8-13(4-5-14(11)16)18-7-6-12(10-17)9-15(18,2)3/h4-5,8,12H,6-7,9H2,1-3H3. The molecule has 0 saturated carbocycles. The van der Waals surface area contributed by atoms with Gasteiger partial charge in [-0.05, 0) is 57.4 Å². The summed E-state index contributed by atoms with van der Waals surface area (Å²) >= 11 is 3.54. The molecule has 0 amide bonds. The predicted octanol–water partition coefficient (Wildman–Crippen LogP) is 4.28. The third kappa shape index (κ3) is 2.54. The van der Waals surface area contributed by atoms with Gasteiger partial charge >= 0.3 is 0 Å². The Morgan fingerprint density at radius 3 is 2.72 bits per heavy atom. The third-order valence-corrected chi connectivity index (χ3v) is 4.70. The van der Waals surface area contributed by atoms with Crippen molar-refractivity contribution in [3.8, 4) is 6.07 Å². The summed E-state index contributed by atoms with van der Waals surface area (Å²) in [7, 11) is 0. The van der Waals surface area contributed by atoms with E-state index in [9.17, 15) is 0 Å². The van der Waals surface area contributed by atoms with Gasteiger partial charge < -0.3 is 4.90 Å². The van der Waals surface area contributed by atoms with Crippen LogP contribution in [0.5, 0.6) is 0 Å². The number of rotatable bonds is 1. The molecule has 1 heterocycles. The van der Waals surface area contributed by atoms with E-state index < -0.39 is 0 Å². The number of anilines is 1. The summed E-state index contributed by atoms with van der Waals surface area (Å²) in [5.74, 6) is 0.202. The third-order valence-electron chi connectivity index (χ3n) is 3.81. The van der Waals surface area contributed by atoms with E-state index in [2.05, 4.69) is 65.9 Å². The van der Waals surface area contributed by atoms with Crippen molar-refractivity contribution in [1.82, 2.24) is 0 Å². The number of nitrogens with zero attached hydrogens (tertiary/aromatic N) is 2. The molecule has 18 heavy (non-hydrogen) atoms. The van der Waals surface area contributed by atoms with Crippen LogP contribution in [-0.2, 0) is 0 Å². The van der Waals surface area contributed by atoms with Crippen molar-refractivity contribution in [2.75, 3.05) is 11.4 Å². The van der Waals surface area contributed by atoms with Gasteiger partial charge in [-0.3, -0.25) is 0 Å². The minimum absolute atomic E-state index is 0.0545. The van der Waals surface area contributed by atoms with Gasteiger partial charge in [0.15, 0.2) is 0 Å². The Kier molecular flexibility index (Phi) is 3.68. The molecule has 1 aliphatic rings. The van der Waals surface area contributed by atoms with Crippen LogP contribution >= 0.6 is 15.9 Å². The molecule has 0 bridgehead atoms. The maximum Gasteiger partial charge on any atom is 0.0657 e. The van der Waals surface area contributed by atoms with Gasteiger partial charge in [0.25, 0.3) is 0 Å². The van der Waals surface area contributed by atoms with Crippen molar-refractivity contribution >= 4 is 21.6 Å². The van der Waals surface area contributed by atoms with Gasteiger partial charge in [-0.1, -0.05) is 15.9 Å². The highest BCUT2D eigenvalue weighted by Gasteiger charge is 2.34. The van der Waals surface area contributed by atoms with Crippen LogP contribution in [0.1, 0.15) is 32.3 Å². The van der Waals surface area contributed by atoms with Crippen molar-refractivity contribution in [3.05, 3.63) is 28.2 Å². The summed E-state index contributed by atoms with van der Waals surface area (Å²) in [5.41, 5.74) is 2.57. The van der Waals surface area contributed by atoms with E-state index in [-0.39, 0.29) is 11.5 Å². The molecule has 0 aliphatic carbocycles. The normalized spacial score (nSPS) is 22.6. The fourth-order valence-electron chi connectivity index (χ4n) is 2.79. The number of nitriles is 1. The van der Waals surface area contributed by atoms with Gasteiger partial charge in [0.2, 0.25) is 0 Å². The monoisotopic (exact) mass is 306 g/mol. The lowest BCUT2D eigenvalue weighted by molar-refractivity contribution is 0.315. The van der Waals surface area contributed by atoms with E-state index >= 15 is 0 Å². The molecule has 1 aromatic rings. The summed E-state index contributed by atoms with van der Waals surface area (Å²) < 4.78 is 1.15. The van der Waals surface area contributed by atoms with Crippen LogP contribution in [0.3, 0.4) is 0 Å². The molecule has 0 radical (unpaired) electrons. The summed E-state index contributed by atoms with van der Waals surface area (Å²) in [6.45, 7) is 7.54. The molecule has 1 aliphatic heterocycles. The first-order valence-electron chi connectivity index (χ1n) is 6.37. The van der Waals surface area contributed by atoms with Gasteiger partial charge in [-0.25, -0.2) is 0 Å². The Morgan fingerprint density at radius 2 is 2.17 bits per heavy atom. The quantitative estimate of drug-likeness (QED) is 0.774. The predicted molar refractivity (Wildman–Crippen MR) is 78.6 cm³/mol. The van der Waals surface area contributed by atoms with E-state index in [1.807, 2.05) is 0 Å². The lowest BCUT2D eigenvalue weighted by Gasteiger charge is -2.46. The van der Waals surface area contributed by atoms with E-state index in [0.717, 1.165) is 23.9 Å². The summed E-state index contributed by atoms with van der Waals surface area (Å²) in [6.07, 6.45) is 1.91. The second kappa shape index (κ2) is 4.93. The van der Waals surface area contributed by atoms with Crippen molar-refractivity contribution < 1.29 is 0 Å². The Bertz CT molecular complexity index is 488. The largest absolute Gasteiger partial charge is 0.366 e. The van der Waals surface area contributed by atoms with Crippen molar-refractivity contribution in [1.29, 1.82) is 5.26 Å². The van der Waals surface area contributed by atoms with Crippen LogP contribution in [0.4, 0.5) is 5.69 Å². The first-order valence-corrected chi connectivity index (χ1v) is 7.17. The first kappa shape index (κ1) is 13.4. The number of hydrogen-bond acceptors (Lipinski definition) is 2. The van der Waals surface area contributed by atoms with E-state index in [1.165, 1.54) is 11.3 Å². The Morgan fingerprint density at radius 1 is 1.44 bits per heavy atom. The van der Waals surface area contributed by atoms with Gasteiger partial charge in [-0.2, -0.15) is 5.26 Å². The minimum Gasteiger partial charge on any atom is -0.366 e. The Hall–Kier alpha value is -1.01. The molecular weight excluding hydrogens is 288 g/mol. The van der Waals surface area contributed by atoms with Crippen LogP contribution in [0.25, 0.3) is 0 Å². The Labute approximate surface area is 118 Å². The molecule has 0 N–H and O–H groups in total. The zero-order valence-corrected chi connectivity index (χ0v) is 12.8.